The van der Waals surface area contributed by atoms with Crippen LogP contribution in [0.15, 0.2) is 71.3 Å². The molecule has 0 aliphatic carbocycles. The Morgan fingerprint density at radius 1 is 1.15 bits per heavy atom. The van der Waals surface area contributed by atoms with Crippen molar-refractivity contribution in [3.63, 3.8) is 0 Å². The number of hydrogen-bond acceptors (Lipinski definition) is 2. The number of nitrogens with one attached hydrogen (secondary N) is 1. The van der Waals surface area contributed by atoms with E-state index in [2.05, 4.69) is 5.32 Å². The maximum absolute atomic E-state index is 13.1. The third-order valence-corrected chi connectivity index (χ3v) is 4.40. The van der Waals surface area contributed by atoms with Crippen molar-refractivity contribution in [3.8, 4) is 0 Å². The summed E-state index contributed by atoms with van der Waals surface area (Å²) in [5, 5.41) is 4.82. The van der Waals surface area contributed by atoms with Crippen LogP contribution in [-0.4, -0.2) is 11.9 Å². The predicted octanol–water partition coefficient (Wildman–Crippen LogP) is 3.75. The van der Waals surface area contributed by atoms with Crippen LogP contribution < -0.4 is 10.6 Å². The minimum Gasteiger partial charge on any atom is -0.463 e. The first-order valence-electron chi connectivity index (χ1n) is 8.24. The topological polar surface area (TPSA) is 58.9 Å². The van der Waals surface area contributed by atoms with Crippen molar-refractivity contribution in [2.75, 3.05) is 5.32 Å². The van der Waals surface area contributed by atoms with Crippen molar-refractivity contribution < 1.29 is 18.9 Å². The van der Waals surface area contributed by atoms with E-state index in [0.717, 1.165) is 11.3 Å². The quantitative estimate of drug-likeness (QED) is 0.691. The Bertz CT molecular complexity index is 869. The lowest BCUT2D eigenvalue weighted by atomic mass is 10.0. The van der Waals surface area contributed by atoms with Gasteiger partial charge in [0.15, 0.2) is 17.8 Å². The fraction of sp³-hybridized carbons (Fsp3) is 0.150. The second kappa shape index (κ2) is 8.17. The Labute approximate surface area is 156 Å². The van der Waals surface area contributed by atoms with Gasteiger partial charge in [0, 0.05) is 5.56 Å². The first kappa shape index (κ1) is 18.2. The van der Waals surface area contributed by atoms with Gasteiger partial charge in [-0.05, 0) is 37.3 Å². The van der Waals surface area contributed by atoms with E-state index in [-0.39, 0.29) is 17.0 Å². The second-order valence-electron chi connectivity index (χ2n) is 6.00. The molecule has 0 aliphatic heterocycles. The van der Waals surface area contributed by atoms with Crippen molar-refractivity contribution in [1.29, 1.82) is 0 Å². The van der Waals surface area contributed by atoms with Gasteiger partial charge in [-0.3, -0.25) is 4.79 Å². The number of quaternary nitrogens is 1. The van der Waals surface area contributed by atoms with Crippen LogP contribution in [0.5, 0.6) is 0 Å². The van der Waals surface area contributed by atoms with Gasteiger partial charge in [-0.1, -0.05) is 41.9 Å². The SMILES string of the molecule is C[C@H]([NH2+][C@H](c1ccccc1)c1ccco1)C(=O)Nc1ccc(F)cc1Cl. The Morgan fingerprint density at radius 2 is 1.92 bits per heavy atom. The molecule has 6 heteroatoms. The Morgan fingerprint density at radius 3 is 2.58 bits per heavy atom. The highest BCUT2D eigenvalue weighted by Gasteiger charge is 2.27. The van der Waals surface area contributed by atoms with Crippen molar-refractivity contribution in [2.45, 2.75) is 19.0 Å². The van der Waals surface area contributed by atoms with Gasteiger partial charge in [-0.15, -0.1) is 0 Å². The highest BCUT2D eigenvalue weighted by molar-refractivity contribution is 6.33. The van der Waals surface area contributed by atoms with Gasteiger partial charge in [-0.25, -0.2) is 4.39 Å². The Kier molecular flexibility index (Phi) is 5.71. The molecular weight excluding hydrogens is 355 g/mol. The van der Waals surface area contributed by atoms with E-state index in [1.54, 1.807) is 13.2 Å². The summed E-state index contributed by atoms with van der Waals surface area (Å²) in [5.41, 5.74) is 1.41. The lowest BCUT2D eigenvalue weighted by molar-refractivity contribution is -0.706. The van der Waals surface area contributed by atoms with Crippen LogP contribution in [0.1, 0.15) is 24.3 Å². The van der Waals surface area contributed by atoms with Crippen molar-refractivity contribution >= 4 is 23.2 Å². The number of carbonyl (C=O) groups is 1. The molecule has 0 fully saturated rings. The van der Waals surface area contributed by atoms with Crippen LogP contribution >= 0.6 is 11.6 Å². The van der Waals surface area contributed by atoms with Gasteiger partial charge in [0.1, 0.15) is 5.82 Å². The molecule has 1 heterocycles. The number of anilines is 1. The molecule has 0 radical (unpaired) electrons. The zero-order valence-corrected chi connectivity index (χ0v) is 14.9. The van der Waals surface area contributed by atoms with Crippen LogP contribution in [0, 0.1) is 5.82 Å². The number of benzene rings is 2. The molecule has 1 amide bonds. The van der Waals surface area contributed by atoms with E-state index in [9.17, 15) is 9.18 Å². The van der Waals surface area contributed by atoms with E-state index in [1.165, 1.54) is 18.2 Å². The van der Waals surface area contributed by atoms with Crippen LogP contribution in [0.2, 0.25) is 5.02 Å². The Balaban J connectivity index is 1.75. The van der Waals surface area contributed by atoms with Gasteiger partial charge >= 0.3 is 0 Å². The summed E-state index contributed by atoms with van der Waals surface area (Å²) in [6, 6.07) is 16.8. The average molecular weight is 374 g/mol. The summed E-state index contributed by atoms with van der Waals surface area (Å²) in [6.45, 7) is 1.80. The second-order valence-corrected chi connectivity index (χ2v) is 6.41. The summed E-state index contributed by atoms with van der Waals surface area (Å²) in [5.74, 6) is 0.0798. The first-order valence-corrected chi connectivity index (χ1v) is 8.61. The van der Waals surface area contributed by atoms with Crippen LogP contribution in [-0.2, 0) is 4.79 Å². The summed E-state index contributed by atoms with van der Waals surface area (Å²) >= 11 is 5.98. The number of halogens is 2. The molecule has 3 rings (SSSR count). The molecule has 0 saturated carbocycles. The molecule has 1 aromatic heterocycles. The van der Waals surface area contributed by atoms with E-state index < -0.39 is 11.9 Å². The number of nitrogens with two attached hydrogens (primary N) is 1. The predicted molar refractivity (Wildman–Crippen MR) is 98.4 cm³/mol. The number of furan rings is 1. The van der Waals surface area contributed by atoms with Gasteiger partial charge in [-0.2, -0.15) is 0 Å². The zero-order valence-electron chi connectivity index (χ0n) is 14.2. The molecule has 26 heavy (non-hydrogen) atoms. The lowest BCUT2D eigenvalue weighted by Crippen LogP contribution is -2.92. The van der Waals surface area contributed by atoms with Gasteiger partial charge in [0.2, 0.25) is 0 Å². The van der Waals surface area contributed by atoms with Gasteiger partial charge in [0.05, 0.1) is 17.0 Å². The number of amides is 1. The van der Waals surface area contributed by atoms with E-state index in [1.807, 2.05) is 47.8 Å². The van der Waals surface area contributed by atoms with E-state index >= 15 is 0 Å². The summed E-state index contributed by atoms with van der Waals surface area (Å²) in [4.78, 5) is 12.6. The lowest BCUT2D eigenvalue weighted by Gasteiger charge is -2.19. The molecule has 0 unspecified atom stereocenters. The fourth-order valence-electron chi connectivity index (χ4n) is 2.71. The molecule has 3 N–H and O–H groups in total. The van der Waals surface area contributed by atoms with Gasteiger partial charge < -0.3 is 15.1 Å². The molecule has 4 nitrogen and oxygen atoms in total. The minimum absolute atomic E-state index is 0.157. The maximum atomic E-state index is 13.1. The standard InChI is InChI=1S/C20H18ClFN2O2/c1-13(20(25)24-17-10-9-15(22)12-16(17)21)23-19(18-8-5-11-26-18)14-6-3-2-4-7-14/h2-13,19,23H,1H3,(H,24,25)/p+1/t13-,19+/m0/s1. The third kappa shape index (κ3) is 4.31. The number of hydrogen-bond donors (Lipinski definition) is 2. The normalized spacial score (nSPS) is 13.2. The van der Waals surface area contributed by atoms with Crippen LogP contribution in [0.4, 0.5) is 10.1 Å². The molecule has 0 spiro atoms. The van der Waals surface area contributed by atoms with Gasteiger partial charge in [0.25, 0.3) is 5.91 Å². The highest BCUT2D eigenvalue weighted by Crippen LogP contribution is 2.23. The zero-order chi connectivity index (χ0) is 18.5. The van der Waals surface area contributed by atoms with Crippen molar-refractivity contribution in [1.82, 2.24) is 0 Å². The van der Waals surface area contributed by atoms with Crippen molar-refractivity contribution in [3.05, 3.63) is 89.1 Å². The third-order valence-electron chi connectivity index (χ3n) is 4.09. The fourth-order valence-corrected chi connectivity index (χ4v) is 2.93. The molecule has 134 valence electrons. The molecule has 2 atom stereocenters. The highest BCUT2D eigenvalue weighted by atomic mass is 35.5. The first-order chi connectivity index (χ1) is 12.5. The molecule has 0 aliphatic rings. The summed E-state index contributed by atoms with van der Waals surface area (Å²) in [6.07, 6.45) is 1.61. The average Bonchev–Trinajstić information content (AvgIpc) is 3.17. The largest absolute Gasteiger partial charge is 0.463 e. The molecular formula is C20H19ClFN2O2+. The molecule has 0 bridgehead atoms. The molecule has 0 saturated heterocycles. The number of rotatable bonds is 6. The van der Waals surface area contributed by atoms with Crippen LogP contribution in [0.25, 0.3) is 0 Å². The monoisotopic (exact) mass is 373 g/mol. The smallest absolute Gasteiger partial charge is 0.282 e. The molecule has 3 aromatic rings. The van der Waals surface area contributed by atoms with E-state index in [0.29, 0.717) is 5.69 Å². The summed E-state index contributed by atoms with van der Waals surface area (Å²) in [7, 11) is 0. The molecule has 2 aromatic carbocycles. The summed E-state index contributed by atoms with van der Waals surface area (Å²) < 4.78 is 18.7. The van der Waals surface area contributed by atoms with E-state index in [4.69, 9.17) is 16.0 Å². The number of carbonyl (C=O) groups excluding carboxylic acids is 1. The Hall–Kier alpha value is -2.63. The minimum atomic E-state index is -0.449. The van der Waals surface area contributed by atoms with Crippen LogP contribution in [0.3, 0.4) is 0 Å². The van der Waals surface area contributed by atoms with Crippen molar-refractivity contribution in [2.24, 2.45) is 0 Å². The maximum Gasteiger partial charge on any atom is 0.282 e.